The van der Waals surface area contributed by atoms with E-state index in [-0.39, 0.29) is 16.5 Å². The van der Waals surface area contributed by atoms with Gasteiger partial charge in [-0.25, -0.2) is 13.2 Å². The van der Waals surface area contributed by atoms with Crippen LogP contribution in [0.1, 0.15) is 42.6 Å². The first-order valence-corrected chi connectivity index (χ1v) is 8.54. The van der Waals surface area contributed by atoms with E-state index < -0.39 is 16.0 Å². The third-order valence-electron chi connectivity index (χ3n) is 4.16. The van der Waals surface area contributed by atoms with E-state index in [2.05, 4.69) is 0 Å². The molecular weight excluding hydrogens is 290 g/mol. The average molecular weight is 311 g/mol. The summed E-state index contributed by atoms with van der Waals surface area (Å²) in [6, 6.07) is 4.35. The number of hydrogen-bond acceptors (Lipinski definition) is 3. The first-order chi connectivity index (χ1) is 9.75. The molecule has 21 heavy (non-hydrogen) atoms. The van der Waals surface area contributed by atoms with Crippen LogP contribution >= 0.6 is 0 Å². The van der Waals surface area contributed by atoms with Crippen molar-refractivity contribution in [3.63, 3.8) is 0 Å². The van der Waals surface area contributed by atoms with Gasteiger partial charge in [-0.3, -0.25) is 0 Å². The number of hydrogen-bond donors (Lipinski definition) is 1. The van der Waals surface area contributed by atoms with Crippen molar-refractivity contribution in [3.8, 4) is 0 Å². The van der Waals surface area contributed by atoms with Crippen molar-refractivity contribution in [3.05, 3.63) is 29.3 Å². The number of piperidine rings is 1. The van der Waals surface area contributed by atoms with Crippen LogP contribution in [-0.4, -0.2) is 36.4 Å². The van der Waals surface area contributed by atoms with Crippen LogP contribution in [0.15, 0.2) is 23.1 Å². The SMILES string of the molecule is Cc1c(C(=O)O)cccc1S(=O)(=O)N1CC(C)CCC1C. The summed E-state index contributed by atoms with van der Waals surface area (Å²) < 4.78 is 27.3. The molecule has 6 heteroatoms. The normalized spacial score (nSPS) is 24.0. The maximum atomic E-state index is 12.9. The maximum Gasteiger partial charge on any atom is 0.335 e. The van der Waals surface area contributed by atoms with Crippen LogP contribution in [0.25, 0.3) is 0 Å². The molecule has 2 atom stereocenters. The second kappa shape index (κ2) is 5.77. The predicted octanol–water partition coefficient (Wildman–Crippen LogP) is 2.50. The molecule has 5 nitrogen and oxygen atoms in total. The van der Waals surface area contributed by atoms with Gasteiger partial charge in [-0.2, -0.15) is 4.31 Å². The van der Waals surface area contributed by atoms with E-state index in [0.29, 0.717) is 18.0 Å². The fourth-order valence-electron chi connectivity index (χ4n) is 2.84. The Hall–Kier alpha value is -1.40. The molecule has 2 unspecified atom stereocenters. The van der Waals surface area contributed by atoms with Gasteiger partial charge in [0.05, 0.1) is 10.5 Å². The van der Waals surface area contributed by atoms with Gasteiger partial charge in [0, 0.05) is 12.6 Å². The Morgan fingerprint density at radius 1 is 1.29 bits per heavy atom. The number of carbonyl (C=O) groups is 1. The molecule has 1 aromatic rings. The number of rotatable bonds is 3. The zero-order chi connectivity index (χ0) is 15.8. The van der Waals surface area contributed by atoms with E-state index in [1.54, 1.807) is 6.92 Å². The molecule has 2 rings (SSSR count). The standard InChI is InChI=1S/C15H21NO4S/c1-10-7-8-11(2)16(9-10)21(19,20)14-6-4-5-13(12(14)3)15(17)18/h4-6,10-11H,7-9H2,1-3H3,(H,17,18). The van der Waals surface area contributed by atoms with E-state index in [1.165, 1.54) is 22.5 Å². The van der Waals surface area contributed by atoms with Crippen molar-refractivity contribution in [2.75, 3.05) is 6.54 Å². The van der Waals surface area contributed by atoms with Gasteiger partial charge < -0.3 is 5.11 Å². The summed E-state index contributed by atoms with van der Waals surface area (Å²) in [7, 11) is -3.66. The van der Waals surface area contributed by atoms with Gasteiger partial charge in [0.15, 0.2) is 0 Å². The van der Waals surface area contributed by atoms with E-state index in [9.17, 15) is 13.2 Å². The minimum absolute atomic E-state index is 0.0359. The lowest BCUT2D eigenvalue weighted by molar-refractivity contribution is 0.0696. The second-order valence-corrected chi connectivity index (χ2v) is 7.70. The summed E-state index contributed by atoms with van der Waals surface area (Å²) in [5.41, 5.74) is 0.337. The molecule has 0 aliphatic carbocycles. The molecule has 0 spiro atoms. The number of nitrogens with zero attached hydrogens (tertiary/aromatic N) is 1. The fraction of sp³-hybridized carbons (Fsp3) is 0.533. The van der Waals surface area contributed by atoms with Gasteiger partial charge in [0.2, 0.25) is 10.0 Å². The molecule has 0 saturated carbocycles. The molecule has 1 aliphatic rings. The minimum atomic E-state index is -3.66. The van der Waals surface area contributed by atoms with Crippen LogP contribution in [-0.2, 0) is 10.0 Å². The van der Waals surface area contributed by atoms with Crippen molar-refractivity contribution >= 4 is 16.0 Å². The molecule has 1 heterocycles. The topological polar surface area (TPSA) is 74.7 Å². The summed E-state index contributed by atoms with van der Waals surface area (Å²) in [6.07, 6.45) is 1.85. The molecule has 0 amide bonds. The Morgan fingerprint density at radius 2 is 1.95 bits per heavy atom. The zero-order valence-electron chi connectivity index (χ0n) is 12.5. The van der Waals surface area contributed by atoms with Crippen LogP contribution in [0.3, 0.4) is 0 Å². The summed E-state index contributed by atoms with van der Waals surface area (Å²) in [6.45, 7) is 5.98. The Bertz CT molecular complexity index is 654. The highest BCUT2D eigenvalue weighted by Gasteiger charge is 2.34. The number of carboxylic acid groups (broad SMARTS) is 1. The quantitative estimate of drug-likeness (QED) is 0.930. The van der Waals surface area contributed by atoms with Crippen LogP contribution < -0.4 is 0 Å². The summed E-state index contributed by atoms with van der Waals surface area (Å²) in [5.74, 6) is -0.788. The fourth-order valence-corrected chi connectivity index (χ4v) is 4.87. The van der Waals surface area contributed by atoms with Gasteiger partial charge in [0.25, 0.3) is 0 Å². The molecule has 0 radical (unpaired) electrons. The summed E-state index contributed by atoms with van der Waals surface area (Å²) >= 11 is 0. The highest BCUT2D eigenvalue weighted by Crippen LogP contribution is 2.30. The van der Waals surface area contributed by atoms with Gasteiger partial charge in [0.1, 0.15) is 0 Å². The van der Waals surface area contributed by atoms with Crippen molar-refractivity contribution in [2.45, 2.75) is 44.6 Å². The van der Waals surface area contributed by atoms with Crippen molar-refractivity contribution in [1.82, 2.24) is 4.31 Å². The van der Waals surface area contributed by atoms with Crippen LogP contribution in [0, 0.1) is 12.8 Å². The van der Waals surface area contributed by atoms with E-state index in [1.807, 2.05) is 13.8 Å². The number of sulfonamides is 1. The number of aromatic carboxylic acids is 1. The van der Waals surface area contributed by atoms with E-state index in [0.717, 1.165) is 12.8 Å². The van der Waals surface area contributed by atoms with Gasteiger partial charge in [-0.15, -0.1) is 0 Å². The lowest BCUT2D eigenvalue weighted by atomic mass is 9.97. The molecule has 116 valence electrons. The van der Waals surface area contributed by atoms with Crippen LogP contribution in [0.5, 0.6) is 0 Å². The number of benzene rings is 1. The molecule has 0 bridgehead atoms. The molecule has 1 fully saturated rings. The molecule has 1 N–H and O–H groups in total. The third kappa shape index (κ3) is 2.96. The van der Waals surface area contributed by atoms with Crippen molar-refractivity contribution in [2.24, 2.45) is 5.92 Å². The zero-order valence-corrected chi connectivity index (χ0v) is 13.4. The Balaban J connectivity index is 2.49. The highest BCUT2D eigenvalue weighted by atomic mass is 32.2. The molecule has 1 aliphatic heterocycles. The second-order valence-electron chi connectivity index (χ2n) is 5.84. The number of carboxylic acids is 1. The van der Waals surface area contributed by atoms with E-state index >= 15 is 0 Å². The highest BCUT2D eigenvalue weighted by molar-refractivity contribution is 7.89. The Kier molecular flexibility index (Phi) is 4.39. The summed E-state index contributed by atoms with van der Waals surface area (Å²) in [5, 5.41) is 9.15. The monoisotopic (exact) mass is 311 g/mol. The van der Waals surface area contributed by atoms with Crippen molar-refractivity contribution < 1.29 is 18.3 Å². The average Bonchev–Trinajstić information content (AvgIpc) is 2.41. The largest absolute Gasteiger partial charge is 0.478 e. The maximum absolute atomic E-state index is 12.9. The van der Waals surface area contributed by atoms with Crippen LogP contribution in [0.2, 0.25) is 0 Å². The van der Waals surface area contributed by atoms with Crippen molar-refractivity contribution in [1.29, 1.82) is 0 Å². The summed E-state index contributed by atoms with van der Waals surface area (Å²) in [4.78, 5) is 11.3. The molecule has 1 saturated heterocycles. The van der Waals surface area contributed by atoms with Gasteiger partial charge in [-0.05, 0) is 50.3 Å². The molecule has 1 aromatic carbocycles. The van der Waals surface area contributed by atoms with Crippen LogP contribution in [0.4, 0.5) is 0 Å². The smallest absolute Gasteiger partial charge is 0.335 e. The van der Waals surface area contributed by atoms with Gasteiger partial charge >= 0.3 is 5.97 Å². The van der Waals surface area contributed by atoms with Gasteiger partial charge in [-0.1, -0.05) is 13.0 Å². The minimum Gasteiger partial charge on any atom is -0.478 e. The lowest BCUT2D eigenvalue weighted by Gasteiger charge is -2.36. The Morgan fingerprint density at radius 3 is 2.57 bits per heavy atom. The molecular formula is C15H21NO4S. The Labute approximate surface area is 125 Å². The predicted molar refractivity (Wildman–Crippen MR) is 79.9 cm³/mol. The first-order valence-electron chi connectivity index (χ1n) is 7.10. The lowest BCUT2D eigenvalue weighted by Crippen LogP contribution is -2.45. The first kappa shape index (κ1) is 16.0. The third-order valence-corrected chi connectivity index (χ3v) is 6.29. The molecule has 0 aromatic heterocycles. The van der Waals surface area contributed by atoms with E-state index in [4.69, 9.17) is 5.11 Å².